The van der Waals surface area contributed by atoms with Gasteiger partial charge in [0, 0.05) is 44.8 Å². The molecule has 0 N–H and O–H groups in total. The van der Waals surface area contributed by atoms with Gasteiger partial charge in [-0.3, -0.25) is 9.48 Å². The first-order valence-corrected chi connectivity index (χ1v) is 11.0. The molecule has 1 amide bonds. The van der Waals surface area contributed by atoms with Crippen LogP contribution in [0.3, 0.4) is 0 Å². The molecule has 2 aliphatic heterocycles. The van der Waals surface area contributed by atoms with Gasteiger partial charge in [0.05, 0.1) is 36.7 Å². The molecule has 0 aliphatic carbocycles. The first kappa shape index (κ1) is 22.2. The summed E-state index contributed by atoms with van der Waals surface area (Å²) in [6.45, 7) is 12.3. The summed E-state index contributed by atoms with van der Waals surface area (Å²) in [5, 5.41) is 4.45. The molecule has 0 aromatic carbocycles. The molecule has 1 unspecified atom stereocenters. The summed E-state index contributed by atoms with van der Waals surface area (Å²) in [4.78, 5) is 14.6. The molecule has 2 saturated heterocycles. The molecule has 3 heterocycles. The van der Waals surface area contributed by atoms with Crippen molar-refractivity contribution in [1.29, 1.82) is 0 Å². The number of nitrogens with zero attached hydrogens (tertiary/aromatic N) is 3. The van der Waals surface area contributed by atoms with E-state index in [0.717, 1.165) is 56.8 Å². The van der Waals surface area contributed by atoms with Gasteiger partial charge in [0.1, 0.15) is 0 Å². The van der Waals surface area contributed by atoms with E-state index in [1.807, 2.05) is 43.3 Å². The van der Waals surface area contributed by atoms with Crippen molar-refractivity contribution in [2.75, 3.05) is 32.9 Å². The number of carbonyl (C=O) groups excluding carboxylic acids is 1. The van der Waals surface area contributed by atoms with Gasteiger partial charge >= 0.3 is 0 Å². The number of piperidine rings is 1. The van der Waals surface area contributed by atoms with Crippen molar-refractivity contribution in [2.24, 2.45) is 0 Å². The van der Waals surface area contributed by atoms with Crippen LogP contribution in [0.15, 0.2) is 6.07 Å². The largest absolute Gasteiger partial charge is 0.376 e. The second kappa shape index (κ2) is 10.0. The van der Waals surface area contributed by atoms with Gasteiger partial charge in [0.15, 0.2) is 0 Å². The summed E-state index contributed by atoms with van der Waals surface area (Å²) in [5.74, 6) is 0.210. The quantitative estimate of drug-likeness (QED) is 0.620. The third-order valence-electron chi connectivity index (χ3n) is 6.00. The van der Waals surface area contributed by atoms with E-state index >= 15 is 0 Å². The Bertz CT molecular complexity index is 665. The smallest absolute Gasteiger partial charge is 0.224 e. The zero-order chi connectivity index (χ0) is 20.9. The lowest BCUT2D eigenvalue weighted by Gasteiger charge is -2.46. The molecule has 3 rings (SSSR count). The lowest BCUT2D eigenvalue weighted by atomic mass is 9.83. The van der Waals surface area contributed by atoms with Crippen LogP contribution in [0.5, 0.6) is 0 Å². The Labute approximate surface area is 174 Å². The number of likely N-dealkylation sites (tertiary alicyclic amines) is 1. The first-order chi connectivity index (χ1) is 13.9. The molecule has 7 heteroatoms. The maximum absolute atomic E-state index is 12.7. The van der Waals surface area contributed by atoms with Gasteiger partial charge in [-0.15, -0.1) is 0 Å². The Morgan fingerprint density at radius 2 is 2.07 bits per heavy atom. The van der Waals surface area contributed by atoms with Crippen LogP contribution in [0.2, 0.25) is 0 Å². The topological polar surface area (TPSA) is 65.8 Å². The van der Waals surface area contributed by atoms with Gasteiger partial charge in [-0.25, -0.2) is 0 Å². The number of ether oxygens (including phenoxy) is 3. The Balaban J connectivity index is 1.41. The molecule has 2 aliphatic rings. The number of rotatable bonds is 8. The molecule has 0 radical (unpaired) electrons. The normalized spacial score (nSPS) is 21.8. The minimum atomic E-state index is -0.131. The summed E-state index contributed by atoms with van der Waals surface area (Å²) in [6, 6.07) is 2.04. The second-order valence-electron chi connectivity index (χ2n) is 8.72. The number of carbonyl (C=O) groups is 1. The van der Waals surface area contributed by atoms with Crippen LogP contribution in [0, 0.1) is 13.8 Å². The van der Waals surface area contributed by atoms with Crippen LogP contribution >= 0.6 is 0 Å². The van der Waals surface area contributed by atoms with Crippen molar-refractivity contribution in [3.05, 3.63) is 17.5 Å². The highest BCUT2D eigenvalue weighted by atomic mass is 16.5. The number of hydrogen-bond acceptors (Lipinski definition) is 5. The lowest BCUT2D eigenvalue weighted by molar-refractivity contribution is -0.163. The van der Waals surface area contributed by atoms with Crippen molar-refractivity contribution >= 4 is 5.91 Å². The lowest BCUT2D eigenvalue weighted by Crippen LogP contribution is -2.52. The molecule has 1 aromatic rings. The SMILES string of the molecule is Cc1cc(C)n(CCC(=O)N2CCC3(CC2)CC(OCCOC(C)C)CCO3)n1. The van der Waals surface area contributed by atoms with E-state index in [9.17, 15) is 4.79 Å². The van der Waals surface area contributed by atoms with Crippen molar-refractivity contribution in [1.82, 2.24) is 14.7 Å². The Hall–Kier alpha value is -1.44. The monoisotopic (exact) mass is 407 g/mol. The predicted molar refractivity (Wildman–Crippen MR) is 111 cm³/mol. The van der Waals surface area contributed by atoms with Gasteiger partial charge in [0.25, 0.3) is 0 Å². The number of hydrogen-bond donors (Lipinski definition) is 0. The fraction of sp³-hybridized carbons (Fsp3) is 0.818. The minimum Gasteiger partial charge on any atom is -0.376 e. The molecular formula is C22H37N3O4. The molecule has 1 atom stereocenters. The minimum absolute atomic E-state index is 0.131. The summed E-state index contributed by atoms with van der Waals surface area (Å²) in [7, 11) is 0. The summed E-state index contributed by atoms with van der Waals surface area (Å²) < 4.78 is 19.7. The van der Waals surface area contributed by atoms with Crippen molar-refractivity contribution in [2.45, 2.75) is 84.2 Å². The first-order valence-electron chi connectivity index (χ1n) is 11.0. The molecular weight excluding hydrogens is 370 g/mol. The van der Waals surface area contributed by atoms with Crippen molar-refractivity contribution in [3.63, 3.8) is 0 Å². The van der Waals surface area contributed by atoms with E-state index in [1.165, 1.54) is 0 Å². The van der Waals surface area contributed by atoms with Crippen LogP contribution in [0.4, 0.5) is 0 Å². The van der Waals surface area contributed by atoms with Crippen molar-refractivity contribution in [3.8, 4) is 0 Å². The number of aromatic nitrogens is 2. The van der Waals surface area contributed by atoms with Gasteiger partial charge < -0.3 is 19.1 Å². The second-order valence-corrected chi connectivity index (χ2v) is 8.72. The van der Waals surface area contributed by atoms with Crippen molar-refractivity contribution < 1.29 is 19.0 Å². The third-order valence-corrected chi connectivity index (χ3v) is 6.00. The Kier molecular flexibility index (Phi) is 7.71. The van der Waals surface area contributed by atoms with Crippen LogP contribution in [-0.2, 0) is 25.5 Å². The number of amides is 1. The zero-order valence-electron chi connectivity index (χ0n) is 18.5. The molecule has 29 heavy (non-hydrogen) atoms. The highest BCUT2D eigenvalue weighted by Crippen LogP contribution is 2.36. The standard InChI is InChI=1S/C22H37N3O4/c1-17(2)27-13-14-28-20-6-12-29-22(16-20)7-10-24(11-8-22)21(26)5-9-25-19(4)15-18(3)23-25/h15,17,20H,5-14,16H2,1-4H3. The van der Waals surface area contributed by atoms with Crippen LogP contribution in [0.25, 0.3) is 0 Å². The van der Waals surface area contributed by atoms with Crippen LogP contribution < -0.4 is 0 Å². The molecule has 164 valence electrons. The van der Waals surface area contributed by atoms with Gasteiger partial charge in [0.2, 0.25) is 5.91 Å². The van der Waals surface area contributed by atoms with Gasteiger partial charge in [-0.2, -0.15) is 5.10 Å². The summed E-state index contributed by atoms with van der Waals surface area (Å²) in [6.07, 6.45) is 4.60. The Morgan fingerprint density at radius 1 is 1.31 bits per heavy atom. The maximum atomic E-state index is 12.7. The molecule has 0 saturated carbocycles. The average molecular weight is 408 g/mol. The fourth-order valence-electron chi connectivity index (χ4n) is 4.40. The zero-order valence-corrected chi connectivity index (χ0v) is 18.5. The van der Waals surface area contributed by atoms with Crippen LogP contribution in [-0.4, -0.2) is 71.3 Å². The van der Waals surface area contributed by atoms with E-state index in [2.05, 4.69) is 5.10 Å². The van der Waals surface area contributed by atoms with Crippen LogP contribution in [0.1, 0.15) is 57.3 Å². The fourth-order valence-corrected chi connectivity index (χ4v) is 4.40. The average Bonchev–Trinajstić information content (AvgIpc) is 3.01. The predicted octanol–water partition coefficient (Wildman–Crippen LogP) is 2.87. The van der Waals surface area contributed by atoms with Gasteiger partial charge in [-0.1, -0.05) is 0 Å². The van der Waals surface area contributed by atoms with Gasteiger partial charge in [-0.05, 0) is 53.0 Å². The summed E-state index contributed by atoms with van der Waals surface area (Å²) in [5.41, 5.74) is 1.97. The molecule has 0 bridgehead atoms. The highest BCUT2D eigenvalue weighted by molar-refractivity contribution is 5.76. The van der Waals surface area contributed by atoms with E-state index in [-0.39, 0.29) is 23.7 Å². The molecule has 7 nitrogen and oxygen atoms in total. The molecule has 1 spiro atoms. The summed E-state index contributed by atoms with van der Waals surface area (Å²) >= 11 is 0. The van der Waals surface area contributed by atoms with E-state index in [1.54, 1.807) is 0 Å². The third kappa shape index (κ3) is 6.27. The van der Waals surface area contributed by atoms with E-state index < -0.39 is 0 Å². The molecule has 1 aromatic heterocycles. The van der Waals surface area contributed by atoms with E-state index in [0.29, 0.717) is 26.2 Å². The maximum Gasteiger partial charge on any atom is 0.224 e. The Morgan fingerprint density at radius 3 is 2.72 bits per heavy atom. The van der Waals surface area contributed by atoms with E-state index in [4.69, 9.17) is 14.2 Å². The highest BCUT2D eigenvalue weighted by Gasteiger charge is 2.41. The molecule has 2 fully saturated rings. The number of aryl methyl sites for hydroxylation is 3.